The van der Waals surface area contributed by atoms with Crippen molar-refractivity contribution in [3.8, 4) is 17.6 Å². The number of anilines is 1. The largest absolute Gasteiger partial charge is 0.493 e. The number of hydrogen-bond donors (Lipinski definition) is 1. The number of nitrogens with zero attached hydrogens (tertiary/aromatic N) is 1. The van der Waals surface area contributed by atoms with Crippen LogP contribution in [0.25, 0.3) is 6.08 Å². The molecule has 0 atom stereocenters. The number of halogens is 1. The molecular weight excluding hydrogens is 440 g/mol. The molecule has 1 amide bonds. The molecule has 0 spiro atoms. The summed E-state index contributed by atoms with van der Waals surface area (Å²) >= 11 is 6.10. The Morgan fingerprint density at radius 1 is 1.06 bits per heavy atom. The molecule has 0 heterocycles. The highest BCUT2D eigenvalue weighted by molar-refractivity contribution is 6.31. The quantitative estimate of drug-likeness (QED) is 0.271. The first kappa shape index (κ1) is 23.6. The Morgan fingerprint density at radius 3 is 2.48 bits per heavy atom. The SMILES string of the molecule is CCOc1ccc(/C=C(\C#N)C(=O)Nc2ccc(Cl)cc2C(=O)c2ccccc2)cc1OC. The number of amides is 1. The lowest BCUT2D eigenvalue weighted by Gasteiger charge is -2.12. The summed E-state index contributed by atoms with van der Waals surface area (Å²) in [6.45, 7) is 2.33. The third kappa shape index (κ3) is 5.79. The van der Waals surface area contributed by atoms with E-state index in [1.807, 2.05) is 13.0 Å². The third-order valence-electron chi connectivity index (χ3n) is 4.67. The normalized spacial score (nSPS) is 10.8. The summed E-state index contributed by atoms with van der Waals surface area (Å²) in [7, 11) is 1.51. The minimum atomic E-state index is -0.658. The monoisotopic (exact) mass is 460 g/mol. The van der Waals surface area contributed by atoms with Crippen molar-refractivity contribution in [1.29, 1.82) is 5.26 Å². The summed E-state index contributed by atoms with van der Waals surface area (Å²) < 4.78 is 10.8. The average Bonchev–Trinajstić information content (AvgIpc) is 2.84. The lowest BCUT2D eigenvalue weighted by atomic mass is 10.0. The highest BCUT2D eigenvalue weighted by atomic mass is 35.5. The fourth-order valence-corrected chi connectivity index (χ4v) is 3.28. The lowest BCUT2D eigenvalue weighted by Crippen LogP contribution is -2.16. The van der Waals surface area contributed by atoms with E-state index in [-0.39, 0.29) is 22.6 Å². The highest BCUT2D eigenvalue weighted by Crippen LogP contribution is 2.29. The molecular formula is C26H21ClN2O4. The van der Waals surface area contributed by atoms with Crippen LogP contribution in [-0.4, -0.2) is 25.4 Å². The Bertz CT molecular complexity index is 1250. The van der Waals surface area contributed by atoms with Gasteiger partial charge in [-0.1, -0.05) is 48.0 Å². The minimum Gasteiger partial charge on any atom is -0.493 e. The second-order valence-electron chi connectivity index (χ2n) is 6.85. The first-order valence-electron chi connectivity index (χ1n) is 10.1. The van der Waals surface area contributed by atoms with Crippen molar-refractivity contribution >= 4 is 35.1 Å². The van der Waals surface area contributed by atoms with E-state index in [4.69, 9.17) is 21.1 Å². The lowest BCUT2D eigenvalue weighted by molar-refractivity contribution is -0.112. The van der Waals surface area contributed by atoms with Crippen LogP contribution in [0.4, 0.5) is 5.69 Å². The fraction of sp³-hybridized carbons (Fsp3) is 0.115. The molecule has 0 aliphatic heterocycles. The molecule has 0 bridgehead atoms. The van der Waals surface area contributed by atoms with Gasteiger partial charge in [0.25, 0.3) is 5.91 Å². The number of ether oxygens (including phenoxy) is 2. The van der Waals surface area contributed by atoms with E-state index in [1.54, 1.807) is 54.6 Å². The predicted octanol–water partition coefficient (Wildman–Crippen LogP) is 5.52. The van der Waals surface area contributed by atoms with Gasteiger partial charge >= 0.3 is 0 Å². The van der Waals surface area contributed by atoms with Gasteiger partial charge in [-0.15, -0.1) is 0 Å². The molecule has 3 aromatic carbocycles. The summed E-state index contributed by atoms with van der Waals surface area (Å²) in [5, 5.41) is 12.6. The molecule has 0 aromatic heterocycles. The zero-order valence-electron chi connectivity index (χ0n) is 18.1. The summed E-state index contributed by atoms with van der Waals surface area (Å²) in [5.74, 6) is 0.0870. The molecule has 33 heavy (non-hydrogen) atoms. The maximum Gasteiger partial charge on any atom is 0.266 e. The van der Waals surface area contributed by atoms with Gasteiger partial charge < -0.3 is 14.8 Å². The number of nitriles is 1. The molecule has 0 unspecified atom stereocenters. The van der Waals surface area contributed by atoms with Gasteiger partial charge in [0, 0.05) is 16.1 Å². The molecule has 0 saturated heterocycles. The molecule has 3 aromatic rings. The van der Waals surface area contributed by atoms with Crippen LogP contribution in [0.1, 0.15) is 28.4 Å². The van der Waals surface area contributed by atoms with Crippen LogP contribution in [-0.2, 0) is 4.79 Å². The van der Waals surface area contributed by atoms with Crippen LogP contribution in [0, 0.1) is 11.3 Å². The average molecular weight is 461 g/mol. The smallest absolute Gasteiger partial charge is 0.266 e. The highest BCUT2D eigenvalue weighted by Gasteiger charge is 2.18. The van der Waals surface area contributed by atoms with E-state index in [9.17, 15) is 14.9 Å². The van der Waals surface area contributed by atoms with E-state index in [2.05, 4.69) is 5.32 Å². The number of carbonyl (C=O) groups excluding carboxylic acids is 2. The van der Waals surface area contributed by atoms with Gasteiger partial charge in [-0.2, -0.15) is 5.26 Å². The van der Waals surface area contributed by atoms with Crippen molar-refractivity contribution < 1.29 is 19.1 Å². The maximum absolute atomic E-state index is 13.0. The standard InChI is InChI=1S/C26H21ClN2O4/c1-3-33-23-12-9-17(14-24(23)32-2)13-19(16-28)26(31)29-22-11-10-20(27)15-21(22)25(30)18-7-5-4-6-8-18/h4-15H,3H2,1-2H3,(H,29,31)/b19-13+. The predicted molar refractivity (Wildman–Crippen MR) is 128 cm³/mol. The molecule has 3 rings (SSSR count). The zero-order valence-corrected chi connectivity index (χ0v) is 18.8. The number of ketones is 1. The molecule has 0 aliphatic carbocycles. The minimum absolute atomic E-state index is 0.144. The Hall–Kier alpha value is -4.08. The zero-order chi connectivity index (χ0) is 23.8. The Labute approximate surface area is 197 Å². The molecule has 1 N–H and O–H groups in total. The van der Waals surface area contributed by atoms with Crippen LogP contribution in [0.3, 0.4) is 0 Å². The number of methoxy groups -OCH3 is 1. The summed E-state index contributed by atoms with van der Waals surface area (Å²) in [5.41, 5.74) is 1.37. The summed E-state index contributed by atoms with van der Waals surface area (Å²) in [6, 6.07) is 20.2. The Balaban J connectivity index is 1.90. The molecule has 0 radical (unpaired) electrons. The van der Waals surface area contributed by atoms with E-state index >= 15 is 0 Å². The fourth-order valence-electron chi connectivity index (χ4n) is 3.11. The van der Waals surface area contributed by atoms with Gasteiger partial charge in [-0.3, -0.25) is 9.59 Å². The number of carbonyl (C=O) groups is 2. The van der Waals surface area contributed by atoms with E-state index < -0.39 is 5.91 Å². The number of nitrogens with one attached hydrogen (secondary N) is 1. The Kier molecular flexibility index (Phi) is 7.85. The first-order valence-corrected chi connectivity index (χ1v) is 10.5. The Morgan fingerprint density at radius 2 is 1.82 bits per heavy atom. The van der Waals surface area contributed by atoms with Crippen molar-refractivity contribution in [2.24, 2.45) is 0 Å². The van der Waals surface area contributed by atoms with Crippen molar-refractivity contribution in [3.63, 3.8) is 0 Å². The van der Waals surface area contributed by atoms with E-state index in [1.165, 1.54) is 25.3 Å². The summed E-state index contributed by atoms with van der Waals surface area (Å²) in [6.07, 6.45) is 1.43. The van der Waals surface area contributed by atoms with Crippen molar-refractivity contribution in [3.05, 3.63) is 94.0 Å². The van der Waals surface area contributed by atoms with Crippen LogP contribution >= 0.6 is 11.6 Å². The van der Waals surface area contributed by atoms with Crippen LogP contribution < -0.4 is 14.8 Å². The van der Waals surface area contributed by atoms with E-state index in [0.717, 1.165) is 0 Å². The first-order chi connectivity index (χ1) is 16.0. The molecule has 166 valence electrons. The summed E-state index contributed by atoms with van der Waals surface area (Å²) in [4.78, 5) is 25.8. The van der Waals surface area contributed by atoms with Crippen molar-refractivity contribution in [1.82, 2.24) is 0 Å². The van der Waals surface area contributed by atoms with E-state index in [0.29, 0.717) is 34.3 Å². The molecule has 0 saturated carbocycles. The van der Waals surface area contributed by atoms with Gasteiger partial charge in [0.2, 0.25) is 0 Å². The van der Waals surface area contributed by atoms with Gasteiger partial charge in [0.1, 0.15) is 11.6 Å². The molecule has 6 nitrogen and oxygen atoms in total. The molecule has 7 heteroatoms. The van der Waals surface area contributed by atoms with Crippen LogP contribution in [0.15, 0.2) is 72.3 Å². The van der Waals surface area contributed by atoms with Gasteiger partial charge in [0.05, 0.1) is 19.4 Å². The van der Waals surface area contributed by atoms with Gasteiger partial charge in [0.15, 0.2) is 17.3 Å². The van der Waals surface area contributed by atoms with Crippen LogP contribution in [0.5, 0.6) is 11.5 Å². The maximum atomic E-state index is 13.0. The number of benzene rings is 3. The topological polar surface area (TPSA) is 88.4 Å². The van der Waals surface area contributed by atoms with Gasteiger partial charge in [-0.25, -0.2) is 0 Å². The molecule has 0 fully saturated rings. The second kappa shape index (κ2) is 11.0. The second-order valence-corrected chi connectivity index (χ2v) is 7.29. The third-order valence-corrected chi connectivity index (χ3v) is 4.91. The number of rotatable bonds is 8. The number of hydrogen-bond acceptors (Lipinski definition) is 5. The van der Waals surface area contributed by atoms with Crippen LogP contribution in [0.2, 0.25) is 5.02 Å². The van der Waals surface area contributed by atoms with Crippen molar-refractivity contribution in [2.75, 3.05) is 19.0 Å². The van der Waals surface area contributed by atoms with Crippen molar-refractivity contribution in [2.45, 2.75) is 6.92 Å². The van der Waals surface area contributed by atoms with Gasteiger partial charge in [-0.05, 0) is 48.9 Å². The molecule has 0 aliphatic rings.